The predicted molar refractivity (Wildman–Crippen MR) is 63.5 cm³/mol. The Bertz CT molecular complexity index is 484. The number of hydrogen-bond donors (Lipinski definition) is 1. The number of hydrogen-bond acceptors (Lipinski definition) is 4. The van der Waals surface area contributed by atoms with Crippen molar-refractivity contribution >= 4 is 11.3 Å². The van der Waals surface area contributed by atoms with Crippen LogP contribution in [0, 0.1) is 0 Å². The molecule has 3 rings (SSSR count). The highest BCUT2D eigenvalue weighted by Crippen LogP contribution is 2.39. The van der Waals surface area contributed by atoms with E-state index >= 15 is 0 Å². The zero-order chi connectivity index (χ0) is 11.0. The third kappa shape index (κ3) is 1.60. The molecule has 82 valence electrons. The van der Waals surface area contributed by atoms with Crippen LogP contribution in [0.1, 0.15) is 29.1 Å². The molecule has 1 unspecified atom stereocenters. The van der Waals surface area contributed by atoms with Crippen molar-refractivity contribution in [3.05, 3.63) is 46.4 Å². The van der Waals surface area contributed by atoms with Gasteiger partial charge < -0.3 is 10.5 Å². The van der Waals surface area contributed by atoms with Crippen LogP contribution in [-0.4, -0.2) is 4.98 Å². The normalized spacial score (nSPS) is 23.6. The summed E-state index contributed by atoms with van der Waals surface area (Å²) in [6.07, 6.45) is 2.60. The summed E-state index contributed by atoms with van der Waals surface area (Å²) in [5.74, 6) is 0.890. The molecule has 0 saturated heterocycles. The Morgan fingerprint density at radius 1 is 1.38 bits per heavy atom. The minimum absolute atomic E-state index is 0.00454. The maximum Gasteiger partial charge on any atom is 0.152 e. The molecule has 2 N–H and O–H groups in total. The standard InChI is InChI=1S/C12H12N2OS/c13-9-7-11(12-14-5-6-16-12)15-10-4-2-1-3-8(9)10/h1-6,9,11H,7,13H2/t9-,11?/m1/s1. The van der Waals surface area contributed by atoms with Gasteiger partial charge in [-0.1, -0.05) is 18.2 Å². The Morgan fingerprint density at radius 3 is 3.06 bits per heavy atom. The number of nitrogens with two attached hydrogens (primary N) is 1. The lowest BCUT2D eigenvalue weighted by atomic mass is 9.97. The highest BCUT2D eigenvalue weighted by molar-refractivity contribution is 7.09. The zero-order valence-electron chi connectivity index (χ0n) is 8.67. The van der Waals surface area contributed by atoms with Crippen LogP contribution in [0.3, 0.4) is 0 Å². The van der Waals surface area contributed by atoms with Gasteiger partial charge >= 0.3 is 0 Å². The summed E-state index contributed by atoms with van der Waals surface area (Å²) in [4.78, 5) is 4.29. The molecule has 4 heteroatoms. The summed E-state index contributed by atoms with van der Waals surface area (Å²) in [5.41, 5.74) is 7.23. The monoisotopic (exact) mass is 232 g/mol. The first-order valence-corrected chi connectivity index (χ1v) is 6.13. The Hall–Kier alpha value is -1.39. The smallest absolute Gasteiger partial charge is 0.152 e. The van der Waals surface area contributed by atoms with Crippen LogP contribution in [0.2, 0.25) is 0 Å². The molecule has 0 amide bonds. The van der Waals surface area contributed by atoms with Crippen molar-refractivity contribution in [2.24, 2.45) is 5.73 Å². The van der Waals surface area contributed by atoms with Gasteiger partial charge in [0.2, 0.25) is 0 Å². The average Bonchev–Trinajstić information content (AvgIpc) is 2.82. The topological polar surface area (TPSA) is 48.1 Å². The number of rotatable bonds is 1. The number of benzene rings is 1. The molecule has 1 aliphatic heterocycles. The molecule has 0 saturated carbocycles. The van der Waals surface area contributed by atoms with E-state index in [2.05, 4.69) is 4.98 Å². The lowest BCUT2D eigenvalue weighted by Crippen LogP contribution is -2.23. The Labute approximate surface area is 97.9 Å². The van der Waals surface area contributed by atoms with Crippen molar-refractivity contribution in [3.8, 4) is 5.75 Å². The van der Waals surface area contributed by atoms with Crippen molar-refractivity contribution in [2.45, 2.75) is 18.6 Å². The molecule has 1 aromatic heterocycles. The Morgan fingerprint density at radius 2 is 2.25 bits per heavy atom. The van der Waals surface area contributed by atoms with E-state index in [1.54, 1.807) is 17.5 Å². The fourth-order valence-electron chi connectivity index (χ4n) is 2.00. The molecule has 0 spiro atoms. The van der Waals surface area contributed by atoms with Crippen LogP contribution >= 0.6 is 11.3 Å². The summed E-state index contributed by atoms with van der Waals surface area (Å²) in [7, 11) is 0. The third-order valence-corrected chi connectivity index (χ3v) is 3.65. The van der Waals surface area contributed by atoms with Crippen molar-refractivity contribution in [1.82, 2.24) is 4.98 Å². The van der Waals surface area contributed by atoms with Crippen LogP contribution in [0.15, 0.2) is 35.8 Å². The molecule has 2 heterocycles. The van der Waals surface area contributed by atoms with Gasteiger partial charge in [-0.25, -0.2) is 4.98 Å². The highest BCUT2D eigenvalue weighted by atomic mass is 32.1. The van der Waals surface area contributed by atoms with E-state index in [1.807, 2.05) is 29.6 Å². The number of ether oxygens (including phenoxy) is 1. The highest BCUT2D eigenvalue weighted by Gasteiger charge is 2.27. The largest absolute Gasteiger partial charge is 0.483 e. The maximum absolute atomic E-state index is 6.14. The Kier molecular flexibility index (Phi) is 2.38. The second kappa shape index (κ2) is 3.88. The molecule has 0 aliphatic carbocycles. The summed E-state index contributed by atoms with van der Waals surface area (Å²) >= 11 is 1.61. The van der Waals surface area contributed by atoms with E-state index in [9.17, 15) is 0 Å². The summed E-state index contributed by atoms with van der Waals surface area (Å²) in [6, 6.07) is 7.99. The minimum Gasteiger partial charge on any atom is -0.483 e. The van der Waals surface area contributed by atoms with E-state index < -0.39 is 0 Å². The molecule has 0 bridgehead atoms. The molecule has 1 aromatic carbocycles. The molecule has 2 atom stereocenters. The molecule has 16 heavy (non-hydrogen) atoms. The SMILES string of the molecule is N[C@@H]1CC(c2nccs2)Oc2ccccc21. The third-order valence-electron chi connectivity index (χ3n) is 2.78. The summed E-state index contributed by atoms with van der Waals surface area (Å²) in [6.45, 7) is 0. The van der Waals surface area contributed by atoms with Gasteiger partial charge in [-0.2, -0.15) is 0 Å². The fourth-order valence-corrected chi connectivity index (χ4v) is 2.68. The molecular weight excluding hydrogens is 220 g/mol. The van der Waals surface area contributed by atoms with E-state index in [0.717, 1.165) is 22.7 Å². The first-order valence-electron chi connectivity index (χ1n) is 5.25. The van der Waals surface area contributed by atoms with Crippen LogP contribution in [0.4, 0.5) is 0 Å². The molecule has 2 aromatic rings. The first kappa shape index (κ1) is 9.81. The van der Waals surface area contributed by atoms with E-state index in [1.165, 1.54) is 0 Å². The van der Waals surface area contributed by atoms with Gasteiger partial charge in [0.05, 0.1) is 0 Å². The van der Waals surface area contributed by atoms with Gasteiger partial charge in [0.1, 0.15) is 10.8 Å². The first-order chi connectivity index (χ1) is 7.84. The van der Waals surface area contributed by atoms with Crippen molar-refractivity contribution in [3.63, 3.8) is 0 Å². The van der Waals surface area contributed by atoms with E-state index in [-0.39, 0.29) is 12.1 Å². The van der Waals surface area contributed by atoms with Gasteiger partial charge in [0.15, 0.2) is 6.10 Å². The number of aromatic nitrogens is 1. The second-order valence-corrected chi connectivity index (χ2v) is 4.78. The quantitative estimate of drug-likeness (QED) is 0.822. The van der Waals surface area contributed by atoms with Gasteiger partial charge in [0.25, 0.3) is 0 Å². The summed E-state index contributed by atoms with van der Waals surface area (Å²) in [5, 5.41) is 2.97. The maximum atomic E-state index is 6.14. The van der Waals surface area contributed by atoms with Crippen LogP contribution in [0.25, 0.3) is 0 Å². The van der Waals surface area contributed by atoms with Crippen LogP contribution in [-0.2, 0) is 0 Å². The lowest BCUT2D eigenvalue weighted by molar-refractivity contribution is 0.161. The molecule has 0 radical (unpaired) electrons. The number of fused-ring (bicyclic) bond motifs is 1. The average molecular weight is 232 g/mol. The van der Waals surface area contributed by atoms with E-state index in [4.69, 9.17) is 10.5 Å². The molecule has 3 nitrogen and oxygen atoms in total. The second-order valence-electron chi connectivity index (χ2n) is 3.86. The van der Waals surface area contributed by atoms with Gasteiger partial charge in [-0.3, -0.25) is 0 Å². The predicted octanol–water partition coefficient (Wildman–Crippen LogP) is 2.67. The number of nitrogens with zero attached hydrogens (tertiary/aromatic N) is 1. The van der Waals surface area contributed by atoms with Crippen molar-refractivity contribution < 1.29 is 4.74 Å². The Balaban J connectivity index is 1.95. The number of para-hydroxylation sites is 1. The van der Waals surface area contributed by atoms with Crippen molar-refractivity contribution in [1.29, 1.82) is 0 Å². The summed E-state index contributed by atoms with van der Waals surface area (Å²) < 4.78 is 5.91. The van der Waals surface area contributed by atoms with Crippen LogP contribution < -0.4 is 10.5 Å². The van der Waals surface area contributed by atoms with Crippen molar-refractivity contribution in [2.75, 3.05) is 0 Å². The lowest BCUT2D eigenvalue weighted by Gasteiger charge is -2.28. The van der Waals surface area contributed by atoms with Gasteiger partial charge in [-0.15, -0.1) is 11.3 Å². The molecular formula is C12H12N2OS. The molecule has 0 fully saturated rings. The van der Waals surface area contributed by atoms with E-state index in [0.29, 0.717) is 0 Å². The molecule has 1 aliphatic rings. The zero-order valence-corrected chi connectivity index (χ0v) is 9.48. The fraction of sp³-hybridized carbons (Fsp3) is 0.250. The van der Waals surface area contributed by atoms with Crippen LogP contribution in [0.5, 0.6) is 5.75 Å². The van der Waals surface area contributed by atoms with Gasteiger partial charge in [0, 0.05) is 29.6 Å². The van der Waals surface area contributed by atoms with Gasteiger partial charge in [-0.05, 0) is 6.07 Å². The minimum atomic E-state index is 0.00454. The number of thiazole rings is 1.